The molecule has 0 radical (unpaired) electrons. The second-order valence-electron chi connectivity index (χ2n) is 6.99. The van der Waals surface area contributed by atoms with Crippen LogP contribution in [0.15, 0.2) is 67.3 Å². The van der Waals surface area contributed by atoms with Gasteiger partial charge in [-0.05, 0) is 71.3 Å². The molecule has 0 aliphatic rings. The van der Waals surface area contributed by atoms with E-state index in [0.29, 0.717) is 22.4 Å². The third-order valence-electron chi connectivity index (χ3n) is 4.76. The van der Waals surface area contributed by atoms with Crippen LogP contribution >= 0.6 is 0 Å². The summed E-state index contributed by atoms with van der Waals surface area (Å²) >= 11 is 0. The van der Waals surface area contributed by atoms with Crippen LogP contribution in [0.1, 0.15) is 34.5 Å². The maximum atomic E-state index is 14.6. The third-order valence-corrected chi connectivity index (χ3v) is 4.76. The molecule has 2 heterocycles. The number of benzene rings is 2. The zero-order valence-corrected chi connectivity index (χ0v) is 16.5. The molecule has 0 saturated carbocycles. The molecule has 0 aliphatic carbocycles. The maximum Gasteiger partial charge on any atom is 0.251 e. The molecule has 0 aliphatic heterocycles. The molecule has 2 aromatic carbocycles. The number of nitrogens with one attached hydrogen (secondary N) is 1. The Morgan fingerprint density at radius 3 is 2.73 bits per heavy atom. The van der Waals surface area contributed by atoms with Gasteiger partial charge in [0.2, 0.25) is 0 Å². The monoisotopic (exact) mass is 402 g/mol. The van der Waals surface area contributed by atoms with Crippen molar-refractivity contribution >= 4 is 5.91 Å². The van der Waals surface area contributed by atoms with Crippen molar-refractivity contribution in [1.82, 2.24) is 30.5 Å². The minimum atomic E-state index is -0.362. The fourth-order valence-corrected chi connectivity index (χ4v) is 3.16. The molecule has 0 spiro atoms. The van der Waals surface area contributed by atoms with Crippen molar-refractivity contribution < 1.29 is 9.18 Å². The van der Waals surface area contributed by atoms with E-state index >= 15 is 0 Å². The molecule has 4 rings (SSSR count). The molecule has 0 saturated heterocycles. The molecule has 7 nitrogen and oxygen atoms in total. The number of halogens is 1. The number of aryl methyl sites for hydroxylation is 1. The van der Waals surface area contributed by atoms with Gasteiger partial charge >= 0.3 is 0 Å². The third kappa shape index (κ3) is 4.07. The topological polar surface area (TPSA) is 85.6 Å². The fourth-order valence-electron chi connectivity index (χ4n) is 3.16. The van der Waals surface area contributed by atoms with Gasteiger partial charge in [0.05, 0.1) is 11.7 Å². The van der Waals surface area contributed by atoms with Gasteiger partial charge in [-0.1, -0.05) is 18.2 Å². The Balaban J connectivity index is 1.73. The van der Waals surface area contributed by atoms with E-state index < -0.39 is 0 Å². The number of amides is 1. The van der Waals surface area contributed by atoms with Crippen molar-refractivity contribution in [2.45, 2.75) is 19.9 Å². The van der Waals surface area contributed by atoms with E-state index in [-0.39, 0.29) is 17.8 Å². The van der Waals surface area contributed by atoms with Crippen molar-refractivity contribution in [3.63, 3.8) is 0 Å². The predicted octanol–water partition coefficient (Wildman–Crippen LogP) is 3.66. The zero-order valence-electron chi connectivity index (χ0n) is 16.5. The van der Waals surface area contributed by atoms with E-state index in [4.69, 9.17) is 0 Å². The highest BCUT2D eigenvalue weighted by molar-refractivity contribution is 5.96. The Bertz CT molecular complexity index is 1180. The molecule has 1 amide bonds. The van der Waals surface area contributed by atoms with Crippen LogP contribution in [0.4, 0.5) is 4.39 Å². The van der Waals surface area contributed by atoms with Crippen LogP contribution in [0.25, 0.3) is 16.8 Å². The number of nitrogens with zero attached hydrogens (tertiary/aromatic N) is 5. The van der Waals surface area contributed by atoms with Gasteiger partial charge < -0.3 is 5.32 Å². The van der Waals surface area contributed by atoms with Crippen molar-refractivity contribution in [3.05, 3.63) is 89.8 Å². The van der Waals surface area contributed by atoms with Crippen molar-refractivity contribution in [2.75, 3.05) is 0 Å². The highest BCUT2D eigenvalue weighted by atomic mass is 19.1. The molecule has 0 fully saturated rings. The number of carbonyl (C=O) groups is 1. The van der Waals surface area contributed by atoms with Gasteiger partial charge in [0.15, 0.2) is 0 Å². The molecule has 30 heavy (non-hydrogen) atoms. The second kappa shape index (κ2) is 8.20. The van der Waals surface area contributed by atoms with Gasteiger partial charge in [0, 0.05) is 23.5 Å². The minimum absolute atomic E-state index is 0.248. The number of carbonyl (C=O) groups excluding carboxylic acids is 1. The average molecular weight is 402 g/mol. The molecular formula is C22H19FN6O. The molecule has 8 heteroatoms. The largest absolute Gasteiger partial charge is 0.345 e. The summed E-state index contributed by atoms with van der Waals surface area (Å²) in [5.41, 5.74) is 3.57. The summed E-state index contributed by atoms with van der Waals surface area (Å²) in [6, 6.07) is 13.5. The first kappa shape index (κ1) is 19.4. The van der Waals surface area contributed by atoms with E-state index in [1.165, 1.54) is 17.1 Å². The van der Waals surface area contributed by atoms with E-state index in [1.807, 2.05) is 32.0 Å². The molecular weight excluding hydrogens is 383 g/mol. The lowest BCUT2D eigenvalue weighted by Crippen LogP contribution is -2.26. The SMILES string of the molecule is Cc1ccc(-c2cc(C(=O)NC(C)c3cccnc3)cc(-n3cnnn3)c2)c(F)c1. The number of aromatic nitrogens is 5. The van der Waals surface area contributed by atoms with Crippen LogP contribution in [0.3, 0.4) is 0 Å². The standard InChI is InChI=1S/C22H19FN6O/c1-14-5-6-20(21(23)8-14)17-9-18(11-19(10-17)29-13-25-27-28-29)22(30)26-15(2)16-4-3-7-24-12-16/h3-13,15H,1-2H3,(H,26,30). The Morgan fingerprint density at radius 1 is 1.17 bits per heavy atom. The smallest absolute Gasteiger partial charge is 0.251 e. The van der Waals surface area contributed by atoms with Crippen molar-refractivity contribution in [1.29, 1.82) is 0 Å². The van der Waals surface area contributed by atoms with E-state index in [9.17, 15) is 9.18 Å². The summed E-state index contributed by atoms with van der Waals surface area (Å²) in [4.78, 5) is 17.1. The first-order valence-electron chi connectivity index (χ1n) is 9.37. The van der Waals surface area contributed by atoms with Gasteiger partial charge in [0.1, 0.15) is 12.1 Å². The summed E-state index contributed by atoms with van der Waals surface area (Å²) in [5, 5.41) is 14.1. The number of tetrazole rings is 1. The van der Waals surface area contributed by atoms with Crippen LogP contribution in [-0.4, -0.2) is 31.1 Å². The molecule has 4 aromatic rings. The minimum Gasteiger partial charge on any atom is -0.345 e. The molecule has 1 unspecified atom stereocenters. The van der Waals surface area contributed by atoms with Gasteiger partial charge in [0.25, 0.3) is 5.91 Å². The Morgan fingerprint density at radius 2 is 2.03 bits per heavy atom. The summed E-state index contributed by atoms with van der Waals surface area (Å²) < 4.78 is 16.0. The second-order valence-corrected chi connectivity index (χ2v) is 6.99. The summed E-state index contributed by atoms with van der Waals surface area (Å²) in [6.45, 7) is 3.70. The lowest BCUT2D eigenvalue weighted by molar-refractivity contribution is 0.0940. The van der Waals surface area contributed by atoms with Crippen LogP contribution < -0.4 is 5.32 Å². The number of rotatable bonds is 5. The fraction of sp³-hybridized carbons (Fsp3) is 0.136. The first-order chi connectivity index (χ1) is 14.5. The summed E-state index contributed by atoms with van der Waals surface area (Å²) in [6.07, 6.45) is 4.80. The quantitative estimate of drug-likeness (QED) is 0.551. The molecule has 150 valence electrons. The molecule has 2 aromatic heterocycles. The van der Waals surface area contributed by atoms with Crippen LogP contribution in [0.5, 0.6) is 0 Å². The van der Waals surface area contributed by atoms with Crippen LogP contribution in [0, 0.1) is 12.7 Å². The van der Waals surface area contributed by atoms with Gasteiger partial charge in [-0.15, -0.1) is 5.10 Å². The van der Waals surface area contributed by atoms with E-state index in [2.05, 4.69) is 25.8 Å². The highest BCUT2D eigenvalue weighted by Gasteiger charge is 2.16. The first-order valence-corrected chi connectivity index (χ1v) is 9.37. The lowest BCUT2D eigenvalue weighted by atomic mass is 9.99. The van der Waals surface area contributed by atoms with E-state index in [1.54, 1.807) is 36.7 Å². The van der Waals surface area contributed by atoms with Crippen molar-refractivity contribution in [3.8, 4) is 16.8 Å². The number of hydrogen-bond donors (Lipinski definition) is 1. The molecule has 1 atom stereocenters. The van der Waals surface area contributed by atoms with Crippen LogP contribution in [-0.2, 0) is 0 Å². The summed E-state index contributed by atoms with van der Waals surface area (Å²) in [5.74, 6) is -0.658. The highest BCUT2D eigenvalue weighted by Crippen LogP contribution is 2.27. The zero-order chi connectivity index (χ0) is 21.1. The number of hydrogen-bond acceptors (Lipinski definition) is 5. The normalized spacial score (nSPS) is 11.8. The Hall–Kier alpha value is -3.94. The number of pyridine rings is 1. The average Bonchev–Trinajstić information content (AvgIpc) is 3.29. The summed E-state index contributed by atoms with van der Waals surface area (Å²) in [7, 11) is 0. The van der Waals surface area contributed by atoms with Gasteiger partial charge in [-0.2, -0.15) is 0 Å². The van der Waals surface area contributed by atoms with E-state index in [0.717, 1.165) is 11.1 Å². The van der Waals surface area contributed by atoms with Crippen LogP contribution in [0.2, 0.25) is 0 Å². The van der Waals surface area contributed by atoms with Gasteiger partial charge in [-0.3, -0.25) is 9.78 Å². The maximum absolute atomic E-state index is 14.6. The predicted molar refractivity (Wildman–Crippen MR) is 109 cm³/mol. The molecule has 1 N–H and O–H groups in total. The van der Waals surface area contributed by atoms with Gasteiger partial charge in [-0.25, -0.2) is 9.07 Å². The Kier molecular flexibility index (Phi) is 5.30. The lowest BCUT2D eigenvalue weighted by Gasteiger charge is -2.15. The Labute approximate surface area is 172 Å². The molecule has 0 bridgehead atoms. The van der Waals surface area contributed by atoms with Crippen molar-refractivity contribution in [2.24, 2.45) is 0 Å².